The molecule has 0 unspecified atom stereocenters. The van der Waals surface area contributed by atoms with Gasteiger partial charge in [-0.25, -0.2) is 22.7 Å². The van der Waals surface area contributed by atoms with Crippen LogP contribution in [0.1, 0.15) is 12.1 Å². The molecule has 1 aliphatic heterocycles. The quantitative estimate of drug-likeness (QED) is 0.541. The van der Waals surface area contributed by atoms with Crippen LogP contribution in [0.15, 0.2) is 57.1 Å². The SMILES string of the molecule is CN=[S@@](C)(=O)c1sc(N2CCCN(c3ccc(-c4ccccc4F)cc3)C2=O)nc1C. The summed E-state index contributed by atoms with van der Waals surface area (Å²) in [4.78, 5) is 21.1. The number of thiazole rings is 1. The van der Waals surface area contributed by atoms with Crippen LogP contribution in [0.25, 0.3) is 11.1 Å². The predicted octanol–water partition coefficient (Wildman–Crippen LogP) is 5.18. The molecule has 0 radical (unpaired) electrons. The van der Waals surface area contributed by atoms with Crippen molar-refractivity contribution in [2.45, 2.75) is 17.6 Å². The third-order valence-corrected chi connectivity index (χ3v) is 9.09. The highest BCUT2D eigenvalue weighted by Crippen LogP contribution is 2.34. The Bertz CT molecular complexity index is 1250. The molecule has 6 nitrogen and oxygen atoms in total. The molecule has 0 N–H and O–H groups in total. The van der Waals surface area contributed by atoms with Gasteiger partial charge in [0.15, 0.2) is 5.13 Å². The molecule has 1 atom stereocenters. The molecule has 2 amide bonds. The fraction of sp³-hybridized carbons (Fsp3) is 0.273. The minimum Gasteiger partial charge on any atom is -0.294 e. The van der Waals surface area contributed by atoms with Crippen LogP contribution in [0.3, 0.4) is 0 Å². The molecule has 31 heavy (non-hydrogen) atoms. The highest BCUT2D eigenvalue weighted by atomic mass is 32.2. The number of aromatic nitrogens is 1. The standard InChI is InChI=1S/C22H23FN4O2S2/c1-15-20(31(3,29)24-2)30-21(25-15)27-14-6-13-26(22(27)28)17-11-9-16(10-12-17)18-7-4-5-8-19(18)23/h4-5,7-12H,6,13-14H2,1-3H3/t31-/m0/s1. The predicted molar refractivity (Wildman–Crippen MR) is 124 cm³/mol. The maximum absolute atomic E-state index is 14.1. The summed E-state index contributed by atoms with van der Waals surface area (Å²) in [6.45, 7) is 2.92. The molecule has 162 valence electrons. The molecule has 0 bridgehead atoms. The normalized spacial score (nSPS) is 16.3. The Balaban J connectivity index is 1.61. The van der Waals surface area contributed by atoms with Crippen LogP contribution in [-0.2, 0) is 9.73 Å². The number of carbonyl (C=O) groups excluding carboxylic acids is 1. The van der Waals surface area contributed by atoms with Gasteiger partial charge in [0.2, 0.25) is 0 Å². The molecule has 1 aliphatic rings. The van der Waals surface area contributed by atoms with Gasteiger partial charge >= 0.3 is 6.03 Å². The van der Waals surface area contributed by atoms with Gasteiger partial charge in [0, 0.05) is 37.6 Å². The number of rotatable bonds is 4. The average molecular weight is 459 g/mol. The van der Waals surface area contributed by atoms with Crippen LogP contribution < -0.4 is 9.80 Å². The Morgan fingerprint density at radius 3 is 2.45 bits per heavy atom. The largest absolute Gasteiger partial charge is 0.330 e. The minimum atomic E-state index is -2.52. The third-order valence-electron chi connectivity index (χ3n) is 5.26. The summed E-state index contributed by atoms with van der Waals surface area (Å²) in [5, 5.41) is 0.531. The first-order valence-corrected chi connectivity index (χ1v) is 12.6. The Labute approximate surface area is 185 Å². The fourth-order valence-corrected chi connectivity index (χ4v) is 6.22. The smallest absolute Gasteiger partial charge is 0.294 e. The highest BCUT2D eigenvalue weighted by molar-refractivity contribution is 7.95. The summed E-state index contributed by atoms with van der Waals surface area (Å²) in [7, 11) is -0.988. The summed E-state index contributed by atoms with van der Waals surface area (Å²) >= 11 is 1.26. The molecular formula is C22H23FN4O2S2. The summed E-state index contributed by atoms with van der Waals surface area (Å²) < 4.78 is 31.3. The first kappa shape index (κ1) is 21.5. The van der Waals surface area contributed by atoms with E-state index in [-0.39, 0.29) is 11.8 Å². The van der Waals surface area contributed by atoms with Crippen LogP contribution in [0, 0.1) is 12.7 Å². The van der Waals surface area contributed by atoms with Gasteiger partial charge in [-0.2, -0.15) is 0 Å². The Kier molecular flexibility index (Phi) is 5.81. The number of nitrogens with zero attached hydrogens (tertiary/aromatic N) is 4. The van der Waals surface area contributed by atoms with Gasteiger partial charge in [-0.15, -0.1) is 0 Å². The van der Waals surface area contributed by atoms with Crippen molar-refractivity contribution < 1.29 is 13.4 Å². The van der Waals surface area contributed by atoms with Gasteiger partial charge in [-0.3, -0.25) is 9.80 Å². The Morgan fingerprint density at radius 2 is 1.77 bits per heavy atom. The Hall–Kier alpha value is -2.78. The summed E-state index contributed by atoms with van der Waals surface area (Å²) in [6, 6.07) is 13.7. The van der Waals surface area contributed by atoms with E-state index in [1.54, 1.807) is 41.2 Å². The van der Waals surface area contributed by atoms with E-state index in [4.69, 9.17) is 0 Å². The van der Waals surface area contributed by atoms with E-state index in [2.05, 4.69) is 9.35 Å². The summed E-state index contributed by atoms with van der Waals surface area (Å²) in [6.07, 6.45) is 2.35. The number of carbonyl (C=O) groups is 1. The first-order chi connectivity index (χ1) is 14.8. The van der Waals surface area contributed by atoms with Crippen molar-refractivity contribution in [3.8, 4) is 11.1 Å². The molecule has 2 aromatic carbocycles. The van der Waals surface area contributed by atoms with Crippen molar-refractivity contribution in [3.63, 3.8) is 0 Å². The zero-order valence-electron chi connectivity index (χ0n) is 17.5. The number of urea groups is 1. The van der Waals surface area contributed by atoms with E-state index >= 15 is 0 Å². The number of benzene rings is 2. The molecule has 0 spiro atoms. The zero-order chi connectivity index (χ0) is 22.2. The first-order valence-electron chi connectivity index (χ1n) is 9.83. The number of amides is 2. The second kappa shape index (κ2) is 8.39. The molecule has 2 heterocycles. The maximum Gasteiger partial charge on any atom is 0.330 e. The van der Waals surface area contributed by atoms with E-state index in [1.807, 2.05) is 24.3 Å². The van der Waals surface area contributed by atoms with E-state index in [9.17, 15) is 13.4 Å². The minimum absolute atomic E-state index is 0.179. The molecule has 1 fully saturated rings. The molecule has 0 aliphatic carbocycles. The maximum atomic E-state index is 14.1. The van der Waals surface area contributed by atoms with Gasteiger partial charge in [-0.1, -0.05) is 41.7 Å². The highest BCUT2D eigenvalue weighted by Gasteiger charge is 2.31. The lowest BCUT2D eigenvalue weighted by molar-refractivity contribution is 0.248. The molecule has 9 heteroatoms. The molecule has 3 aromatic rings. The van der Waals surface area contributed by atoms with Crippen molar-refractivity contribution >= 4 is 37.9 Å². The molecule has 1 aromatic heterocycles. The number of anilines is 2. The van der Waals surface area contributed by atoms with E-state index < -0.39 is 9.73 Å². The lowest BCUT2D eigenvalue weighted by Gasteiger charge is -2.34. The van der Waals surface area contributed by atoms with Crippen molar-refractivity contribution in [2.75, 3.05) is 36.2 Å². The number of halogens is 1. The monoisotopic (exact) mass is 458 g/mol. The van der Waals surface area contributed by atoms with Crippen LogP contribution >= 0.6 is 11.3 Å². The van der Waals surface area contributed by atoms with Crippen molar-refractivity contribution in [1.82, 2.24) is 4.98 Å². The second-order valence-electron chi connectivity index (χ2n) is 7.32. The van der Waals surface area contributed by atoms with E-state index in [0.717, 1.165) is 17.7 Å². The van der Waals surface area contributed by atoms with Crippen molar-refractivity contribution in [3.05, 3.63) is 60.0 Å². The van der Waals surface area contributed by atoms with Crippen molar-refractivity contribution in [2.24, 2.45) is 4.36 Å². The van der Waals surface area contributed by atoms with Crippen LogP contribution in [0.4, 0.5) is 20.0 Å². The van der Waals surface area contributed by atoms with Gasteiger partial charge < -0.3 is 0 Å². The molecular weight excluding hydrogens is 435 g/mol. The van der Waals surface area contributed by atoms with Crippen LogP contribution in [0.2, 0.25) is 0 Å². The van der Waals surface area contributed by atoms with Crippen LogP contribution in [-0.4, -0.2) is 41.6 Å². The zero-order valence-corrected chi connectivity index (χ0v) is 19.2. The van der Waals surface area contributed by atoms with Crippen molar-refractivity contribution in [1.29, 1.82) is 0 Å². The molecule has 1 saturated heterocycles. The lowest BCUT2D eigenvalue weighted by atomic mass is 10.0. The third kappa shape index (κ3) is 4.07. The van der Waals surface area contributed by atoms with E-state index in [0.29, 0.717) is 33.7 Å². The van der Waals surface area contributed by atoms with Gasteiger partial charge in [-0.05, 0) is 37.1 Å². The lowest BCUT2D eigenvalue weighted by Crippen LogP contribution is -2.49. The topological polar surface area (TPSA) is 65.9 Å². The van der Waals surface area contributed by atoms with Gasteiger partial charge in [0.25, 0.3) is 0 Å². The van der Waals surface area contributed by atoms with Crippen LogP contribution in [0.5, 0.6) is 0 Å². The molecule has 4 rings (SSSR count). The molecule has 0 saturated carbocycles. The van der Waals surface area contributed by atoms with Gasteiger partial charge in [0.05, 0.1) is 15.4 Å². The number of aryl methyl sites for hydroxylation is 1. The van der Waals surface area contributed by atoms with Gasteiger partial charge in [0.1, 0.15) is 10.0 Å². The second-order valence-corrected chi connectivity index (χ2v) is 10.9. The number of hydrogen-bond donors (Lipinski definition) is 0. The summed E-state index contributed by atoms with van der Waals surface area (Å²) in [5.41, 5.74) is 2.66. The number of hydrogen-bond acceptors (Lipinski definition) is 5. The Morgan fingerprint density at radius 1 is 1.10 bits per heavy atom. The fourth-order valence-electron chi connectivity index (χ4n) is 3.58. The summed E-state index contributed by atoms with van der Waals surface area (Å²) in [5.74, 6) is -0.281. The van der Waals surface area contributed by atoms with E-state index in [1.165, 1.54) is 24.5 Å². The average Bonchev–Trinajstić information content (AvgIpc) is 3.17.